The SMILES string of the molecule is C[C@H]1CC[C@H](c2cccc(Cl)c2)N(C(=O)C(=O)Nc2cncc(C(N)=O)c2)C1. The van der Waals surface area contributed by atoms with Gasteiger partial charge in [-0.05, 0) is 42.5 Å². The maximum atomic E-state index is 12.9. The van der Waals surface area contributed by atoms with Crippen molar-refractivity contribution in [3.05, 3.63) is 58.9 Å². The summed E-state index contributed by atoms with van der Waals surface area (Å²) >= 11 is 6.10. The highest BCUT2D eigenvalue weighted by molar-refractivity contribution is 6.39. The summed E-state index contributed by atoms with van der Waals surface area (Å²) in [7, 11) is 0. The average Bonchev–Trinajstić information content (AvgIpc) is 2.67. The Morgan fingerprint density at radius 2 is 2.00 bits per heavy atom. The van der Waals surface area contributed by atoms with Crippen LogP contribution in [0.15, 0.2) is 42.7 Å². The first-order chi connectivity index (χ1) is 13.3. The first-order valence-electron chi connectivity index (χ1n) is 8.97. The fourth-order valence-corrected chi connectivity index (χ4v) is 3.59. The first-order valence-corrected chi connectivity index (χ1v) is 9.35. The molecule has 3 N–H and O–H groups in total. The van der Waals surface area contributed by atoms with Crippen LogP contribution < -0.4 is 11.1 Å². The Morgan fingerprint density at radius 3 is 2.71 bits per heavy atom. The van der Waals surface area contributed by atoms with Crippen molar-refractivity contribution >= 4 is 35.0 Å². The molecular weight excluding hydrogens is 380 g/mol. The van der Waals surface area contributed by atoms with Gasteiger partial charge in [0.15, 0.2) is 0 Å². The molecule has 2 heterocycles. The summed E-state index contributed by atoms with van der Waals surface area (Å²) < 4.78 is 0. The molecule has 146 valence electrons. The van der Waals surface area contributed by atoms with Crippen molar-refractivity contribution in [2.24, 2.45) is 11.7 Å². The van der Waals surface area contributed by atoms with Crippen molar-refractivity contribution in [3.8, 4) is 0 Å². The Hall–Kier alpha value is -2.93. The summed E-state index contributed by atoms with van der Waals surface area (Å²) in [5.74, 6) is -1.81. The van der Waals surface area contributed by atoms with Crippen LogP contribution in [0, 0.1) is 5.92 Å². The fourth-order valence-electron chi connectivity index (χ4n) is 3.40. The molecule has 7 nitrogen and oxygen atoms in total. The number of primary amides is 1. The molecule has 1 aliphatic rings. The molecule has 0 aliphatic carbocycles. The lowest BCUT2D eigenvalue weighted by atomic mass is 9.90. The fraction of sp³-hybridized carbons (Fsp3) is 0.300. The van der Waals surface area contributed by atoms with Crippen LogP contribution in [-0.2, 0) is 9.59 Å². The van der Waals surface area contributed by atoms with Gasteiger partial charge in [-0.2, -0.15) is 0 Å². The highest BCUT2D eigenvalue weighted by Gasteiger charge is 2.34. The van der Waals surface area contributed by atoms with Crippen LogP contribution in [0.3, 0.4) is 0 Å². The summed E-state index contributed by atoms with van der Waals surface area (Å²) in [6, 6.07) is 8.50. The Balaban J connectivity index is 1.80. The molecule has 0 saturated carbocycles. The molecule has 1 aliphatic heterocycles. The summed E-state index contributed by atoms with van der Waals surface area (Å²) in [6.45, 7) is 2.52. The molecule has 0 bridgehead atoms. The van der Waals surface area contributed by atoms with E-state index in [9.17, 15) is 14.4 Å². The number of anilines is 1. The summed E-state index contributed by atoms with van der Waals surface area (Å²) in [6.07, 6.45) is 4.35. The third-order valence-electron chi connectivity index (χ3n) is 4.79. The molecule has 0 radical (unpaired) electrons. The second-order valence-electron chi connectivity index (χ2n) is 6.99. The van der Waals surface area contributed by atoms with E-state index in [1.165, 1.54) is 18.5 Å². The third-order valence-corrected chi connectivity index (χ3v) is 5.02. The maximum absolute atomic E-state index is 12.9. The van der Waals surface area contributed by atoms with Gasteiger partial charge in [-0.1, -0.05) is 30.7 Å². The lowest BCUT2D eigenvalue weighted by Gasteiger charge is -2.38. The van der Waals surface area contributed by atoms with Gasteiger partial charge < -0.3 is 16.0 Å². The van der Waals surface area contributed by atoms with E-state index in [4.69, 9.17) is 17.3 Å². The van der Waals surface area contributed by atoms with E-state index < -0.39 is 17.7 Å². The van der Waals surface area contributed by atoms with E-state index in [0.717, 1.165) is 18.4 Å². The van der Waals surface area contributed by atoms with E-state index in [1.807, 2.05) is 25.1 Å². The minimum atomic E-state index is -0.787. The molecule has 2 atom stereocenters. The number of piperidine rings is 1. The number of hydrogen-bond acceptors (Lipinski definition) is 4. The number of nitrogens with zero attached hydrogens (tertiary/aromatic N) is 2. The van der Waals surface area contributed by atoms with Crippen LogP contribution in [0.1, 0.15) is 41.7 Å². The van der Waals surface area contributed by atoms with Gasteiger partial charge in [0.1, 0.15) is 0 Å². The topological polar surface area (TPSA) is 105 Å². The van der Waals surface area contributed by atoms with Crippen molar-refractivity contribution in [1.29, 1.82) is 0 Å². The molecule has 8 heteroatoms. The molecule has 0 spiro atoms. The van der Waals surface area contributed by atoms with E-state index >= 15 is 0 Å². The molecular formula is C20H21ClN4O3. The largest absolute Gasteiger partial charge is 0.366 e. The minimum absolute atomic E-state index is 0.147. The van der Waals surface area contributed by atoms with Crippen molar-refractivity contribution in [3.63, 3.8) is 0 Å². The van der Waals surface area contributed by atoms with Gasteiger partial charge in [-0.25, -0.2) is 0 Å². The van der Waals surface area contributed by atoms with Crippen molar-refractivity contribution in [1.82, 2.24) is 9.88 Å². The summed E-state index contributed by atoms with van der Waals surface area (Å²) in [4.78, 5) is 42.2. The van der Waals surface area contributed by atoms with Crippen LogP contribution in [0.25, 0.3) is 0 Å². The van der Waals surface area contributed by atoms with E-state index in [0.29, 0.717) is 11.6 Å². The van der Waals surface area contributed by atoms with Crippen molar-refractivity contribution in [2.45, 2.75) is 25.8 Å². The predicted octanol–water partition coefficient (Wildman–Crippen LogP) is 2.77. The lowest BCUT2D eigenvalue weighted by Crippen LogP contribution is -2.46. The number of pyridine rings is 1. The van der Waals surface area contributed by atoms with Gasteiger partial charge in [0.05, 0.1) is 23.5 Å². The van der Waals surface area contributed by atoms with E-state index in [-0.39, 0.29) is 23.2 Å². The Labute approximate surface area is 167 Å². The zero-order valence-corrected chi connectivity index (χ0v) is 16.1. The third kappa shape index (κ3) is 4.48. The van der Waals surface area contributed by atoms with Gasteiger partial charge in [-0.3, -0.25) is 19.4 Å². The summed E-state index contributed by atoms with van der Waals surface area (Å²) in [5.41, 5.74) is 6.51. The van der Waals surface area contributed by atoms with Crippen molar-refractivity contribution < 1.29 is 14.4 Å². The number of carbonyl (C=O) groups excluding carboxylic acids is 3. The molecule has 28 heavy (non-hydrogen) atoms. The molecule has 3 amide bonds. The molecule has 1 aromatic heterocycles. The average molecular weight is 401 g/mol. The number of carbonyl (C=O) groups is 3. The molecule has 0 unspecified atom stereocenters. The van der Waals surface area contributed by atoms with Gasteiger partial charge in [-0.15, -0.1) is 0 Å². The number of likely N-dealkylation sites (tertiary alicyclic amines) is 1. The van der Waals surface area contributed by atoms with Gasteiger partial charge in [0.25, 0.3) is 0 Å². The minimum Gasteiger partial charge on any atom is -0.366 e. The number of halogens is 1. The van der Waals surface area contributed by atoms with Crippen LogP contribution in [0.5, 0.6) is 0 Å². The Bertz CT molecular complexity index is 918. The first kappa shape index (κ1) is 19.8. The number of rotatable bonds is 3. The summed E-state index contributed by atoms with van der Waals surface area (Å²) in [5, 5.41) is 3.09. The number of benzene rings is 1. The van der Waals surface area contributed by atoms with Gasteiger partial charge >= 0.3 is 11.8 Å². The molecule has 1 fully saturated rings. The second-order valence-corrected chi connectivity index (χ2v) is 7.43. The highest BCUT2D eigenvalue weighted by Crippen LogP contribution is 2.34. The Kier molecular flexibility index (Phi) is 5.94. The standard InChI is InChI=1S/C20H21ClN4O3/c1-12-5-6-17(13-3-2-4-15(21)7-13)25(11-12)20(28)19(27)24-16-8-14(18(22)26)9-23-10-16/h2-4,7-10,12,17H,5-6,11H2,1H3,(H2,22,26)(H,24,27)/t12-,17+/m0/s1. The number of hydrogen-bond donors (Lipinski definition) is 2. The number of nitrogens with two attached hydrogens (primary N) is 1. The van der Waals surface area contributed by atoms with Crippen molar-refractivity contribution in [2.75, 3.05) is 11.9 Å². The van der Waals surface area contributed by atoms with Crippen LogP contribution >= 0.6 is 11.6 Å². The van der Waals surface area contributed by atoms with Crippen LogP contribution in [-0.4, -0.2) is 34.2 Å². The molecule has 2 aromatic rings. The van der Waals surface area contributed by atoms with E-state index in [2.05, 4.69) is 10.3 Å². The smallest absolute Gasteiger partial charge is 0.313 e. The monoisotopic (exact) mass is 400 g/mol. The van der Waals surface area contributed by atoms with Gasteiger partial charge in [0.2, 0.25) is 5.91 Å². The molecule has 3 rings (SSSR count). The lowest BCUT2D eigenvalue weighted by molar-refractivity contribution is -0.146. The quantitative estimate of drug-likeness (QED) is 0.772. The normalized spacial score (nSPS) is 19.1. The predicted molar refractivity (Wildman–Crippen MR) is 106 cm³/mol. The highest BCUT2D eigenvalue weighted by atomic mass is 35.5. The van der Waals surface area contributed by atoms with Crippen LogP contribution in [0.4, 0.5) is 5.69 Å². The number of nitrogens with one attached hydrogen (secondary N) is 1. The van der Waals surface area contributed by atoms with Crippen LogP contribution in [0.2, 0.25) is 5.02 Å². The zero-order valence-electron chi connectivity index (χ0n) is 15.4. The molecule has 1 saturated heterocycles. The maximum Gasteiger partial charge on any atom is 0.313 e. The zero-order chi connectivity index (χ0) is 20.3. The number of amides is 3. The number of aromatic nitrogens is 1. The van der Waals surface area contributed by atoms with E-state index in [1.54, 1.807) is 11.0 Å². The molecule has 1 aromatic carbocycles. The Morgan fingerprint density at radius 1 is 1.21 bits per heavy atom. The van der Waals surface area contributed by atoms with Gasteiger partial charge in [0, 0.05) is 17.8 Å². The second kappa shape index (κ2) is 8.39.